The zero-order valence-electron chi connectivity index (χ0n) is 9.95. The van der Waals surface area contributed by atoms with Crippen LogP contribution < -0.4 is 0 Å². The van der Waals surface area contributed by atoms with Gasteiger partial charge >= 0.3 is 5.97 Å². The highest BCUT2D eigenvalue weighted by Crippen LogP contribution is 2.42. The molecule has 0 aromatic heterocycles. The van der Waals surface area contributed by atoms with Crippen LogP contribution in [0.4, 0.5) is 0 Å². The fourth-order valence-corrected chi connectivity index (χ4v) is 2.86. The first-order valence-corrected chi connectivity index (χ1v) is 6.42. The maximum absolute atomic E-state index is 11.7. The Morgan fingerprint density at radius 1 is 1.41 bits per heavy atom. The third-order valence-electron chi connectivity index (χ3n) is 3.91. The molecule has 1 saturated carbocycles. The van der Waals surface area contributed by atoms with Gasteiger partial charge in [-0.2, -0.15) is 0 Å². The molecule has 0 radical (unpaired) electrons. The average molecular weight is 253 g/mol. The van der Waals surface area contributed by atoms with E-state index in [0.29, 0.717) is 23.8 Å². The molecule has 2 rings (SSSR count). The van der Waals surface area contributed by atoms with Gasteiger partial charge in [0.1, 0.15) is 0 Å². The van der Waals surface area contributed by atoms with Crippen LogP contribution in [0.2, 0.25) is 5.02 Å². The third kappa shape index (κ3) is 2.32. The Kier molecular flexibility index (Phi) is 3.43. The number of hydrogen-bond donors (Lipinski definition) is 1. The minimum Gasteiger partial charge on any atom is -0.481 e. The van der Waals surface area contributed by atoms with Crippen molar-refractivity contribution in [2.24, 2.45) is 5.92 Å². The van der Waals surface area contributed by atoms with Crippen LogP contribution in [0.25, 0.3) is 0 Å². The molecule has 1 N–H and O–H groups in total. The van der Waals surface area contributed by atoms with Crippen molar-refractivity contribution < 1.29 is 9.90 Å². The first-order chi connectivity index (χ1) is 8.04. The lowest BCUT2D eigenvalue weighted by molar-refractivity contribution is -0.145. The normalized spacial score (nSPS) is 28.9. The molecule has 1 aromatic carbocycles. The Morgan fingerprint density at radius 2 is 2.06 bits per heavy atom. The Bertz CT molecular complexity index is 420. The van der Waals surface area contributed by atoms with Gasteiger partial charge in [0.2, 0.25) is 0 Å². The van der Waals surface area contributed by atoms with Crippen LogP contribution in [0, 0.1) is 5.92 Å². The van der Waals surface area contributed by atoms with Gasteiger partial charge in [-0.15, -0.1) is 0 Å². The minimum absolute atomic E-state index is 0.613. The molecule has 0 bridgehead atoms. The quantitative estimate of drug-likeness (QED) is 0.868. The molecular weight excluding hydrogens is 236 g/mol. The Hall–Kier alpha value is -1.02. The topological polar surface area (TPSA) is 37.3 Å². The van der Waals surface area contributed by atoms with E-state index in [9.17, 15) is 9.90 Å². The summed E-state index contributed by atoms with van der Waals surface area (Å²) in [6.07, 6.45) is 3.37. The van der Waals surface area contributed by atoms with Gasteiger partial charge < -0.3 is 5.11 Å². The predicted molar refractivity (Wildman–Crippen MR) is 68.4 cm³/mol. The smallest absolute Gasteiger partial charge is 0.314 e. The number of carbonyl (C=O) groups is 1. The number of carboxylic acids is 1. The molecule has 17 heavy (non-hydrogen) atoms. The molecular formula is C14H17ClO2. The van der Waals surface area contributed by atoms with Crippen LogP contribution in [-0.2, 0) is 10.2 Å². The van der Waals surface area contributed by atoms with Crippen LogP contribution in [0.1, 0.15) is 38.2 Å². The standard InChI is InChI=1S/C14H17ClO2/c1-10-5-7-14(8-6-10,13(16)17)11-3-2-4-12(15)9-11/h2-4,9-10H,5-8H2,1H3,(H,16,17). The van der Waals surface area contributed by atoms with E-state index in [4.69, 9.17) is 11.6 Å². The summed E-state index contributed by atoms with van der Waals surface area (Å²) in [6.45, 7) is 2.18. The Morgan fingerprint density at radius 3 is 2.59 bits per heavy atom. The second kappa shape index (κ2) is 4.69. The van der Waals surface area contributed by atoms with E-state index >= 15 is 0 Å². The average Bonchev–Trinajstić information content (AvgIpc) is 2.30. The maximum atomic E-state index is 11.7. The number of aliphatic carboxylic acids is 1. The molecule has 0 saturated heterocycles. The van der Waals surface area contributed by atoms with E-state index in [0.717, 1.165) is 18.4 Å². The largest absolute Gasteiger partial charge is 0.481 e. The van der Waals surface area contributed by atoms with Crippen LogP contribution in [0.5, 0.6) is 0 Å². The van der Waals surface area contributed by atoms with E-state index in [-0.39, 0.29) is 0 Å². The maximum Gasteiger partial charge on any atom is 0.314 e. The summed E-state index contributed by atoms with van der Waals surface area (Å²) in [5, 5.41) is 10.2. The number of hydrogen-bond acceptors (Lipinski definition) is 1. The summed E-state index contributed by atoms with van der Waals surface area (Å²) in [4.78, 5) is 11.7. The first-order valence-electron chi connectivity index (χ1n) is 6.04. The van der Waals surface area contributed by atoms with Crippen molar-refractivity contribution in [3.63, 3.8) is 0 Å². The zero-order chi connectivity index (χ0) is 12.5. The Balaban J connectivity index is 2.38. The molecule has 0 amide bonds. The molecule has 1 aliphatic rings. The summed E-state index contributed by atoms with van der Waals surface area (Å²) in [7, 11) is 0. The molecule has 2 nitrogen and oxygen atoms in total. The van der Waals surface area contributed by atoms with Crippen LogP contribution in [0.3, 0.4) is 0 Å². The van der Waals surface area contributed by atoms with Crippen molar-refractivity contribution in [1.82, 2.24) is 0 Å². The molecule has 0 atom stereocenters. The van der Waals surface area contributed by atoms with Crippen molar-refractivity contribution in [2.45, 2.75) is 38.0 Å². The summed E-state index contributed by atoms with van der Waals surface area (Å²) >= 11 is 5.97. The lowest BCUT2D eigenvalue weighted by Gasteiger charge is -2.36. The highest BCUT2D eigenvalue weighted by atomic mass is 35.5. The van der Waals surface area contributed by atoms with E-state index in [1.54, 1.807) is 12.1 Å². The van der Waals surface area contributed by atoms with E-state index < -0.39 is 11.4 Å². The molecule has 0 unspecified atom stereocenters. The summed E-state index contributed by atoms with van der Waals surface area (Å²) in [5.41, 5.74) is 0.127. The van der Waals surface area contributed by atoms with Gasteiger partial charge in [-0.3, -0.25) is 4.79 Å². The summed E-state index contributed by atoms with van der Waals surface area (Å²) < 4.78 is 0. The monoisotopic (exact) mass is 252 g/mol. The van der Waals surface area contributed by atoms with E-state index in [2.05, 4.69) is 6.92 Å². The summed E-state index contributed by atoms with van der Waals surface area (Å²) in [6, 6.07) is 7.30. The van der Waals surface area contributed by atoms with Gasteiger partial charge in [0, 0.05) is 5.02 Å². The molecule has 0 spiro atoms. The minimum atomic E-state index is -0.725. The molecule has 1 aliphatic carbocycles. The molecule has 3 heteroatoms. The van der Waals surface area contributed by atoms with Gasteiger partial charge in [0.15, 0.2) is 0 Å². The number of carboxylic acid groups (broad SMARTS) is 1. The van der Waals surface area contributed by atoms with Gasteiger partial charge in [-0.1, -0.05) is 30.7 Å². The molecule has 0 heterocycles. The van der Waals surface area contributed by atoms with Gasteiger partial charge in [0.25, 0.3) is 0 Å². The van der Waals surface area contributed by atoms with Crippen LogP contribution in [0.15, 0.2) is 24.3 Å². The fourth-order valence-electron chi connectivity index (χ4n) is 2.67. The van der Waals surface area contributed by atoms with Crippen molar-refractivity contribution in [1.29, 1.82) is 0 Å². The van der Waals surface area contributed by atoms with Gasteiger partial charge in [-0.05, 0) is 49.3 Å². The second-order valence-corrected chi connectivity index (χ2v) is 5.52. The molecule has 1 aromatic rings. The van der Waals surface area contributed by atoms with Crippen molar-refractivity contribution in [2.75, 3.05) is 0 Å². The van der Waals surface area contributed by atoms with Crippen LogP contribution in [-0.4, -0.2) is 11.1 Å². The first kappa shape index (κ1) is 12.4. The van der Waals surface area contributed by atoms with Crippen LogP contribution >= 0.6 is 11.6 Å². The molecule has 0 aliphatic heterocycles. The van der Waals surface area contributed by atoms with Gasteiger partial charge in [0.05, 0.1) is 5.41 Å². The summed E-state index contributed by atoms with van der Waals surface area (Å²) in [5.74, 6) is -0.0895. The Labute approximate surface area is 107 Å². The lowest BCUT2D eigenvalue weighted by Crippen LogP contribution is -2.39. The van der Waals surface area contributed by atoms with Crippen molar-refractivity contribution >= 4 is 17.6 Å². The molecule has 92 valence electrons. The number of halogens is 1. The van der Waals surface area contributed by atoms with Crippen molar-refractivity contribution in [3.05, 3.63) is 34.9 Å². The van der Waals surface area contributed by atoms with Crippen molar-refractivity contribution in [3.8, 4) is 0 Å². The van der Waals surface area contributed by atoms with Gasteiger partial charge in [-0.25, -0.2) is 0 Å². The van der Waals surface area contributed by atoms with E-state index in [1.807, 2.05) is 12.1 Å². The lowest BCUT2D eigenvalue weighted by atomic mass is 9.67. The SMILES string of the molecule is CC1CCC(C(=O)O)(c2cccc(Cl)c2)CC1. The van der Waals surface area contributed by atoms with E-state index in [1.165, 1.54) is 0 Å². The fraction of sp³-hybridized carbons (Fsp3) is 0.500. The second-order valence-electron chi connectivity index (χ2n) is 5.08. The highest BCUT2D eigenvalue weighted by molar-refractivity contribution is 6.30. The third-order valence-corrected chi connectivity index (χ3v) is 4.15. The highest BCUT2D eigenvalue weighted by Gasteiger charge is 2.42. The number of rotatable bonds is 2. The predicted octanol–water partition coefficient (Wildman–Crippen LogP) is 3.87. The zero-order valence-corrected chi connectivity index (χ0v) is 10.7. The number of benzene rings is 1. The molecule has 1 fully saturated rings.